The van der Waals surface area contributed by atoms with Crippen molar-refractivity contribution in [1.82, 2.24) is 24.8 Å². The van der Waals surface area contributed by atoms with Crippen molar-refractivity contribution in [3.05, 3.63) is 39.9 Å². The van der Waals surface area contributed by atoms with Crippen LogP contribution in [-0.4, -0.2) is 88.8 Å². The molecule has 46 heavy (non-hydrogen) atoms. The second kappa shape index (κ2) is 11.8. The van der Waals surface area contributed by atoms with Crippen LogP contribution in [0.2, 0.25) is 5.02 Å². The Labute approximate surface area is 274 Å². The number of ether oxygens (including phenoxy) is 2. The zero-order valence-electron chi connectivity index (χ0n) is 26.1. The third-order valence-electron chi connectivity index (χ3n) is 8.82. The van der Waals surface area contributed by atoms with E-state index in [1.807, 2.05) is 6.20 Å². The first kappa shape index (κ1) is 31.0. The van der Waals surface area contributed by atoms with E-state index in [2.05, 4.69) is 38.1 Å². The van der Waals surface area contributed by atoms with Gasteiger partial charge in [0.05, 0.1) is 45.9 Å². The number of piperazine rings is 1. The molecule has 1 N–H and O–H groups in total. The van der Waals surface area contributed by atoms with E-state index in [-0.39, 0.29) is 27.3 Å². The predicted molar refractivity (Wildman–Crippen MR) is 176 cm³/mol. The Kier molecular flexibility index (Phi) is 7.97. The quantitative estimate of drug-likeness (QED) is 0.288. The molecule has 240 valence electrons. The second-order valence-electron chi connectivity index (χ2n) is 13.0. The molecular weight excluding hydrogens is 631 g/mol. The molecule has 1 atom stereocenters. The van der Waals surface area contributed by atoms with Crippen molar-refractivity contribution in [2.24, 2.45) is 0 Å². The molecule has 2 saturated heterocycles. The van der Waals surface area contributed by atoms with Gasteiger partial charge in [-0.25, -0.2) is 19.2 Å². The highest BCUT2D eigenvalue weighted by Gasteiger charge is 2.33. The van der Waals surface area contributed by atoms with E-state index >= 15 is 4.39 Å². The Bertz CT molecular complexity index is 1910. The number of carbonyl (C=O) groups is 1. The maximum Gasteiger partial charge on any atom is 0.412 e. The van der Waals surface area contributed by atoms with Gasteiger partial charge in [-0.1, -0.05) is 11.6 Å². The van der Waals surface area contributed by atoms with Crippen molar-refractivity contribution >= 4 is 61.0 Å². The van der Waals surface area contributed by atoms with Gasteiger partial charge in [0.25, 0.3) is 0 Å². The molecule has 3 aliphatic heterocycles. The number of amides is 1. The molecule has 4 aromatic rings. The highest BCUT2D eigenvalue weighted by Crippen LogP contribution is 2.48. The summed E-state index contributed by atoms with van der Waals surface area (Å²) in [5.41, 5.74) is 2.41. The van der Waals surface area contributed by atoms with Gasteiger partial charge >= 0.3 is 6.09 Å². The normalized spacial score (nSPS) is 19.2. The Morgan fingerprint density at radius 2 is 1.93 bits per heavy atom. The molecule has 6 heterocycles. The summed E-state index contributed by atoms with van der Waals surface area (Å²) in [7, 11) is 2.16. The second-order valence-corrected chi connectivity index (χ2v) is 14.4. The van der Waals surface area contributed by atoms with E-state index in [1.165, 1.54) is 0 Å². The molecule has 7 rings (SSSR count). The number of fused-ring (bicyclic) bond motifs is 4. The van der Waals surface area contributed by atoms with Gasteiger partial charge in [-0.15, -0.1) is 11.3 Å². The van der Waals surface area contributed by atoms with Crippen molar-refractivity contribution < 1.29 is 18.7 Å². The fraction of sp³-hybridized carbons (Fsp3) is 0.469. The lowest BCUT2D eigenvalue weighted by atomic mass is 9.94. The first-order chi connectivity index (χ1) is 22.0. The Morgan fingerprint density at radius 1 is 1.17 bits per heavy atom. The molecule has 11 nitrogen and oxygen atoms in total. The number of nitrogens with zero attached hydrogens (tertiary/aromatic N) is 7. The number of likely N-dealkylation sites (N-methyl/N-ethyl adjacent to an activating group) is 1. The van der Waals surface area contributed by atoms with Crippen LogP contribution in [0.3, 0.4) is 0 Å². The lowest BCUT2D eigenvalue weighted by Gasteiger charge is -2.36. The van der Waals surface area contributed by atoms with Gasteiger partial charge in [0, 0.05) is 67.8 Å². The van der Waals surface area contributed by atoms with Gasteiger partial charge in [0.15, 0.2) is 5.82 Å². The lowest BCUT2D eigenvalue weighted by Crippen LogP contribution is -2.49. The minimum Gasteiger partial charge on any atom is -0.444 e. The zero-order chi connectivity index (χ0) is 32.3. The van der Waals surface area contributed by atoms with Crippen LogP contribution >= 0.6 is 22.9 Å². The van der Waals surface area contributed by atoms with Crippen molar-refractivity contribution in [2.45, 2.75) is 52.0 Å². The predicted octanol–water partition coefficient (Wildman–Crippen LogP) is 5.77. The summed E-state index contributed by atoms with van der Waals surface area (Å²) in [4.78, 5) is 34.0. The Hall–Kier alpha value is -3.67. The molecule has 14 heteroatoms. The van der Waals surface area contributed by atoms with E-state index in [4.69, 9.17) is 31.0 Å². The minimum atomic E-state index is -0.758. The third-order valence-corrected chi connectivity index (χ3v) is 10.3. The number of hydrogen-bond donors (Lipinski definition) is 1. The molecular formula is C32H34ClFN8O3S. The van der Waals surface area contributed by atoms with Crippen LogP contribution in [0.4, 0.5) is 20.1 Å². The minimum absolute atomic E-state index is 0.0760. The molecule has 2 fully saturated rings. The number of pyridine rings is 1. The molecule has 3 aliphatic rings. The summed E-state index contributed by atoms with van der Waals surface area (Å²) in [5.74, 6) is -0.0130. The molecule has 3 aromatic heterocycles. The monoisotopic (exact) mass is 664 g/mol. The zero-order valence-corrected chi connectivity index (χ0v) is 27.7. The fourth-order valence-corrected chi connectivity index (χ4v) is 7.95. The number of hydrogen-bond acceptors (Lipinski definition) is 11. The van der Waals surface area contributed by atoms with E-state index in [9.17, 15) is 10.1 Å². The highest BCUT2D eigenvalue weighted by atomic mass is 35.5. The van der Waals surface area contributed by atoms with E-state index in [0.29, 0.717) is 40.4 Å². The Morgan fingerprint density at radius 3 is 2.67 bits per heavy atom. The molecule has 1 amide bonds. The van der Waals surface area contributed by atoms with E-state index in [1.54, 1.807) is 20.8 Å². The van der Waals surface area contributed by atoms with Crippen molar-refractivity contribution in [3.8, 4) is 17.3 Å². The number of rotatable bonds is 4. The Balaban J connectivity index is 1.31. The number of anilines is 2. The van der Waals surface area contributed by atoms with Crippen molar-refractivity contribution in [1.29, 1.82) is 5.26 Å². The highest BCUT2D eigenvalue weighted by molar-refractivity contribution is 7.23. The van der Waals surface area contributed by atoms with Crippen LogP contribution in [-0.2, 0) is 22.7 Å². The van der Waals surface area contributed by atoms with Gasteiger partial charge in [-0.2, -0.15) is 5.26 Å². The van der Waals surface area contributed by atoms with Crippen LogP contribution in [0, 0.1) is 17.1 Å². The molecule has 0 bridgehead atoms. The summed E-state index contributed by atoms with van der Waals surface area (Å²) in [6.07, 6.45) is 3.22. The molecule has 0 saturated carbocycles. The summed E-state index contributed by atoms with van der Waals surface area (Å²) in [6, 6.07) is 2.59. The molecule has 0 aliphatic carbocycles. The number of aromatic nitrogens is 3. The number of benzene rings is 1. The first-order valence-electron chi connectivity index (χ1n) is 15.3. The van der Waals surface area contributed by atoms with E-state index in [0.717, 1.165) is 79.7 Å². The standard InChI is InChI=1S/C32H34ClFN8O3S/c1-32(2,3)45-31(43)39-29-18(11-35)24-27(36-13-22(34)28(24)46-29)23-21-16-44-15-20(21)19-12-37-30(38-26(19)25(23)33)42-6-5-17(14-42)41-9-7-40(4)8-10-41/h12-13,17H,5-10,14-16H2,1-4H3,(H,39,43)/t17-/m0/s1. The molecule has 0 unspecified atom stereocenters. The largest absolute Gasteiger partial charge is 0.444 e. The van der Waals surface area contributed by atoms with Gasteiger partial charge in [-0.3, -0.25) is 15.2 Å². The lowest BCUT2D eigenvalue weighted by molar-refractivity contribution is 0.0636. The van der Waals surface area contributed by atoms with Gasteiger partial charge in [-0.05, 0) is 45.4 Å². The van der Waals surface area contributed by atoms with Gasteiger partial charge in [0.1, 0.15) is 16.7 Å². The first-order valence-corrected chi connectivity index (χ1v) is 16.5. The van der Waals surface area contributed by atoms with Crippen molar-refractivity contribution in [2.75, 3.05) is 56.5 Å². The van der Waals surface area contributed by atoms with Crippen LogP contribution in [0.25, 0.3) is 32.2 Å². The summed E-state index contributed by atoms with van der Waals surface area (Å²) in [6.45, 7) is 11.7. The van der Waals surface area contributed by atoms with Crippen LogP contribution in [0.1, 0.15) is 43.9 Å². The third kappa shape index (κ3) is 5.52. The number of carbonyl (C=O) groups excluding carboxylic acids is 1. The maximum absolute atomic E-state index is 15.3. The molecule has 0 radical (unpaired) electrons. The smallest absolute Gasteiger partial charge is 0.412 e. The van der Waals surface area contributed by atoms with Crippen LogP contribution in [0.15, 0.2) is 12.4 Å². The van der Waals surface area contributed by atoms with Gasteiger partial charge in [0.2, 0.25) is 5.95 Å². The molecule has 0 spiro atoms. The molecule has 1 aromatic carbocycles. The number of thiophene rings is 1. The van der Waals surface area contributed by atoms with Crippen molar-refractivity contribution in [3.63, 3.8) is 0 Å². The number of halogens is 2. The fourth-order valence-electron chi connectivity index (χ4n) is 6.56. The summed E-state index contributed by atoms with van der Waals surface area (Å²) < 4.78 is 26.7. The average molecular weight is 665 g/mol. The van der Waals surface area contributed by atoms with Gasteiger partial charge < -0.3 is 19.3 Å². The maximum atomic E-state index is 15.3. The number of nitrogens with one attached hydrogen (secondary N) is 1. The van der Waals surface area contributed by atoms with Crippen LogP contribution < -0.4 is 10.2 Å². The number of nitriles is 1. The summed E-state index contributed by atoms with van der Waals surface area (Å²) >= 11 is 8.17. The summed E-state index contributed by atoms with van der Waals surface area (Å²) in [5, 5.41) is 14.4. The average Bonchev–Trinajstić information content (AvgIpc) is 3.77. The van der Waals surface area contributed by atoms with E-state index < -0.39 is 17.5 Å². The van der Waals surface area contributed by atoms with Crippen LogP contribution in [0.5, 0.6) is 0 Å². The SMILES string of the molecule is CN1CCN([C@H]2CCN(c3ncc4c5c(c(-c6ncc(F)c7sc(NC(=O)OC(C)(C)C)c(C#N)c67)c(Cl)c4n3)COC5)C2)CC1. The topological polar surface area (TPSA) is 120 Å².